The average Bonchev–Trinajstić information content (AvgIpc) is 3.01. The number of morpholine rings is 1. The van der Waals surface area contributed by atoms with Crippen LogP contribution in [-0.4, -0.2) is 31.2 Å². The van der Waals surface area contributed by atoms with E-state index in [1.165, 1.54) is 12.3 Å². The highest BCUT2D eigenvalue weighted by Crippen LogP contribution is 2.40. The Morgan fingerprint density at radius 2 is 1.87 bits per heavy atom. The number of halogens is 3. The van der Waals surface area contributed by atoms with Gasteiger partial charge in [0.15, 0.2) is 0 Å². The van der Waals surface area contributed by atoms with Gasteiger partial charge in [-0.1, -0.05) is 12.1 Å². The molecule has 31 heavy (non-hydrogen) atoms. The molecule has 2 N–H and O–H groups in total. The summed E-state index contributed by atoms with van der Waals surface area (Å²) in [6.07, 6.45) is -3.37. The zero-order chi connectivity index (χ0) is 22.3. The van der Waals surface area contributed by atoms with E-state index in [0.717, 1.165) is 17.2 Å². The Kier molecular flexibility index (Phi) is 5.43. The van der Waals surface area contributed by atoms with Gasteiger partial charge in [0.1, 0.15) is 0 Å². The number of anilines is 3. The van der Waals surface area contributed by atoms with E-state index in [1.54, 1.807) is 17.0 Å². The van der Waals surface area contributed by atoms with Crippen LogP contribution in [0.3, 0.4) is 0 Å². The number of nitrogens with zero attached hydrogens (tertiary/aromatic N) is 1. The minimum atomic E-state index is -4.52. The Morgan fingerprint density at radius 1 is 1.16 bits per heavy atom. The molecule has 2 aliphatic heterocycles. The maximum absolute atomic E-state index is 13.9. The summed E-state index contributed by atoms with van der Waals surface area (Å²) in [5.41, 5.74) is 2.42. The number of rotatable bonds is 3. The molecule has 1 amide bonds. The van der Waals surface area contributed by atoms with E-state index >= 15 is 0 Å². The zero-order valence-electron chi connectivity index (χ0n) is 17.5. The summed E-state index contributed by atoms with van der Waals surface area (Å²) in [6.45, 7) is 6.36. The average molecular weight is 431 g/mol. The minimum absolute atomic E-state index is 0.132. The van der Waals surface area contributed by atoms with E-state index in [0.29, 0.717) is 24.4 Å². The van der Waals surface area contributed by atoms with Crippen LogP contribution >= 0.6 is 0 Å². The lowest BCUT2D eigenvalue weighted by Gasteiger charge is -2.38. The molecule has 0 aromatic heterocycles. The lowest BCUT2D eigenvalue weighted by atomic mass is 10.0. The molecule has 5 nitrogen and oxygen atoms in total. The lowest BCUT2D eigenvalue weighted by molar-refractivity contribution is -0.137. The summed E-state index contributed by atoms with van der Waals surface area (Å²) >= 11 is 0. The number of amides is 1. The van der Waals surface area contributed by atoms with Crippen LogP contribution in [0.25, 0.3) is 5.57 Å². The second-order valence-corrected chi connectivity index (χ2v) is 8.05. The van der Waals surface area contributed by atoms with Gasteiger partial charge in [-0.25, -0.2) is 0 Å². The molecular weight excluding hydrogens is 407 g/mol. The van der Waals surface area contributed by atoms with Gasteiger partial charge in [-0.3, -0.25) is 4.79 Å². The molecule has 8 heteroatoms. The van der Waals surface area contributed by atoms with Gasteiger partial charge in [0.25, 0.3) is 5.91 Å². The third kappa shape index (κ3) is 4.25. The van der Waals surface area contributed by atoms with Gasteiger partial charge in [-0.05, 0) is 50.6 Å². The number of ether oxygens (including phenoxy) is 1. The Labute approximate surface area is 178 Å². The monoisotopic (exact) mass is 431 g/mol. The fourth-order valence-electron chi connectivity index (χ4n) is 4.23. The standard InChI is InChI=1S/C23H24F3N3O2/c1-13-5-4-6-19-21(13)17(22(30)28-19)10-27-16-7-8-20(18(9-16)23(24,25)26)29-11-14(2)31-15(3)12-29/h4-10,14-15,27H,11-12H2,1-3H3,(H,28,30). The molecule has 2 atom stereocenters. The number of fused-ring (bicyclic) bond motifs is 1. The molecule has 2 aromatic carbocycles. The zero-order valence-corrected chi connectivity index (χ0v) is 17.5. The molecule has 0 aliphatic carbocycles. The topological polar surface area (TPSA) is 53.6 Å². The highest BCUT2D eigenvalue weighted by molar-refractivity contribution is 6.32. The molecule has 2 aliphatic rings. The van der Waals surface area contributed by atoms with Crippen LogP contribution < -0.4 is 15.5 Å². The molecule has 164 valence electrons. The third-order valence-corrected chi connectivity index (χ3v) is 5.48. The van der Waals surface area contributed by atoms with Crippen molar-refractivity contribution in [3.63, 3.8) is 0 Å². The lowest BCUT2D eigenvalue weighted by Crippen LogP contribution is -2.46. The first kappa shape index (κ1) is 21.2. The number of hydrogen-bond acceptors (Lipinski definition) is 4. The molecule has 0 radical (unpaired) electrons. The van der Waals surface area contributed by atoms with E-state index in [1.807, 2.05) is 32.9 Å². The van der Waals surface area contributed by atoms with Crippen LogP contribution in [0.5, 0.6) is 0 Å². The van der Waals surface area contributed by atoms with Gasteiger partial charge in [0.05, 0.1) is 23.3 Å². The molecular formula is C23H24F3N3O2. The van der Waals surface area contributed by atoms with E-state index in [2.05, 4.69) is 10.6 Å². The Balaban J connectivity index is 1.65. The summed E-state index contributed by atoms with van der Waals surface area (Å²) in [7, 11) is 0. The summed E-state index contributed by atoms with van der Waals surface area (Å²) in [6, 6.07) is 9.67. The predicted molar refractivity (Wildman–Crippen MR) is 115 cm³/mol. The number of benzene rings is 2. The van der Waals surface area contributed by atoms with Crippen LogP contribution in [0.1, 0.15) is 30.5 Å². The second kappa shape index (κ2) is 7.92. The molecule has 0 bridgehead atoms. The highest BCUT2D eigenvalue weighted by atomic mass is 19.4. The maximum Gasteiger partial charge on any atom is 0.418 e. The number of carbonyl (C=O) groups excluding carboxylic acids is 1. The molecule has 2 aromatic rings. The molecule has 1 fully saturated rings. The van der Waals surface area contributed by atoms with Gasteiger partial charge >= 0.3 is 6.18 Å². The van der Waals surface area contributed by atoms with Crippen molar-refractivity contribution in [2.24, 2.45) is 0 Å². The quantitative estimate of drug-likeness (QED) is 0.670. The number of carbonyl (C=O) groups is 1. The maximum atomic E-state index is 13.9. The minimum Gasteiger partial charge on any atom is -0.372 e. The molecule has 4 rings (SSSR count). The van der Waals surface area contributed by atoms with Crippen molar-refractivity contribution in [3.05, 3.63) is 59.3 Å². The number of nitrogens with one attached hydrogen (secondary N) is 2. The highest BCUT2D eigenvalue weighted by Gasteiger charge is 2.36. The fourth-order valence-corrected chi connectivity index (χ4v) is 4.23. The van der Waals surface area contributed by atoms with Crippen molar-refractivity contribution in [1.82, 2.24) is 0 Å². The summed E-state index contributed by atoms with van der Waals surface area (Å²) < 4.78 is 47.2. The van der Waals surface area contributed by atoms with E-state index in [9.17, 15) is 18.0 Å². The third-order valence-electron chi connectivity index (χ3n) is 5.48. The van der Waals surface area contributed by atoms with Crippen molar-refractivity contribution in [2.45, 2.75) is 39.2 Å². The summed E-state index contributed by atoms with van der Waals surface area (Å²) in [4.78, 5) is 14.1. The first-order valence-electron chi connectivity index (χ1n) is 10.1. The first-order valence-corrected chi connectivity index (χ1v) is 10.1. The largest absolute Gasteiger partial charge is 0.418 e. The van der Waals surface area contributed by atoms with E-state index in [4.69, 9.17) is 4.74 Å². The van der Waals surface area contributed by atoms with E-state index < -0.39 is 11.7 Å². The number of aryl methyl sites for hydroxylation is 1. The molecule has 0 spiro atoms. The normalized spacial score (nSPS) is 22.5. The number of alkyl halides is 3. The van der Waals surface area contributed by atoms with Gasteiger partial charge in [-0.15, -0.1) is 0 Å². The van der Waals surface area contributed by atoms with Crippen molar-refractivity contribution in [1.29, 1.82) is 0 Å². The Bertz CT molecular complexity index is 1040. The van der Waals surface area contributed by atoms with Crippen LogP contribution in [-0.2, 0) is 15.7 Å². The van der Waals surface area contributed by atoms with Gasteiger partial charge in [0, 0.05) is 41.9 Å². The number of hydrogen-bond donors (Lipinski definition) is 2. The van der Waals surface area contributed by atoms with Crippen LogP contribution in [0.15, 0.2) is 42.6 Å². The first-order chi connectivity index (χ1) is 14.6. The molecule has 2 heterocycles. The SMILES string of the molecule is Cc1cccc2c1C(=CNc1ccc(N3CC(C)OC(C)C3)c(C(F)(F)F)c1)C(=O)N2. The molecule has 0 saturated carbocycles. The predicted octanol–water partition coefficient (Wildman–Crippen LogP) is 5.03. The Hall–Kier alpha value is -3.00. The summed E-state index contributed by atoms with van der Waals surface area (Å²) in [5, 5.41) is 5.65. The van der Waals surface area contributed by atoms with E-state index in [-0.39, 0.29) is 29.5 Å². The molecule has 2 unspecified atom stereocenters. The van der Waals surface area contributed by atoms with Crippen molar-refractivity contribution in [3.8, 4) is 0 Å². The van der Waals surface area contributed by atoms with Gasteiger partial charge < -0.3 is 20.3 Å². The Morgan fingerprint density at radius 3 is 2.55 bits per heavy atom. The van der Waals surface area contributed by atoms with Crippen LogP contribution in [0.2, 0.25) is 0 Å². The van der Waals surface area contributed by atoms with Crippen molar-refractivity contribution in [2.75, 3.05) is 28.6 Å². The fraction of sp³-hybridized carbons (Fsp3) is 0.348. The van der Waals surface area contributed by atoms with Crippen molar-refractivity contribution >= 4 is 28.5 Å². The van der Waals surface area contributed by atoms with Crippen molar-refractivity contribution < 1.29 is 22.7 Å². The van der Waals surface area contributed by atoms with Gasteiger partial charge in [-0.2, -0.15) is 13.2 Å². The smallest absolute Gasteiger partial charge is 0.372 e. The second-order valence-electron chi connectivity index (χ2n) is 8.05. The summed E-state index contributed by atoms with van der Waals surface area (Å²) in [5.74, 6) is -0.291. The molecule has 1 saturated heterocycles. The van der Waals surface area contributed by atoms with Crippen LogP contribution in [0, 0.1) is 6.92 Å². The van der Waals surface area contributed by atoms with Crippen LogP contribution in [0.4, 0.5) is 30.2 Å². The van der Waals surface area contributed by atoms with Gasteiger partial charge in [0.2, 0.25) is 0 Å².